The van der Waals surface area contributed by atoms with E-state index in [0.29, 0.717) is 5.75 Å². The minimum atomic E-state index is -1.32. The number of carbonyl (C=O) groups is 1. The Morgan fingerprint density at radius 1 is 1.64 bits per heavy atom. The molecular weight excluding hydrogens is 164 g/mol. The fourth-order valence-electron chi connectivity index (χ4n) is 1.03. The zero-order valence-electron chi connectivity index (χ0n) is 5.69. The van der Waals surface area contributed by atoms with E-state index in [1.165, 1.54) is 0 Å². The van der Waals surface area contributed by atoms with Gasteiger partial charge in [-0.3, -0.25) is 13.7 Å². The van der Waals surface area contributed by atoms with Crippen molar-refractivity contribution < 1.29 is 9.00 Å². The van der Waals surface area contributed by atoms with Gasteiger partial charge in [-0.15, -0.1) is 0 Å². The Kier molecular flexibility index (Phi) is 1.38. The Bertz CT molecular complexity index is 301. The normalized spacial score (nSPS) is 23.3. The number of hydrogen-bond donors (Lipinski definition) is 0. The maximum absolute atomic E-state index is 11.0. The second-order valence-electron chi connectivity index (χ2n) is 2.34. The molecule has 1 aromatic rings. The summed E-state index contributed by atoms with van der Waals surface area (Å²) < 4.78 is 12.6. The van der Waals surface area contributed by atoms with Crippen LogP contribution in [0.2, 0.25) is 0 Å². The number of carbonyl (C=O) groups excluding carboxylic acids is 1. The van der Waals surface area contributed by atoms with Crippen molar-refractivity contribution in [3.63, 3.8) is 0 Å². The summed E-state index contributed by atoms with van der Waals surface area (Å²) in [6, 6.07) is 1.78. The first-order valence-corrected chi connectivity index (χ1v) is 4.51. The Labute approximate surface area is 65.7 Å². The van der Waals surface area contributed by atoms with E-state index in [0.717, 1.165) is 5.69 Å². The van der Waals surface area contributed by atoms with Crippen LogP contribution in [-0.4, -0.2) is 19.1 Å². The maximum Gasteiger partial charge on any atom is 0.240 e. The summed E-state index contributed by atoms with van der Waals surface area (Å²) in [5.74, 6) is 0.318. The van der Waals surface area contributed by atoms with Crippen molar-refractivity contribution in [2.75, 3.05) is 0 Å². The minimum Gasteiger partial charge on any atom is -0.282 e. The average molecular weight is 170 g/mol. The van der Waals surface area contributed by atoms with Crippen LogP contribution in [-0.2, 0) is 27.9 Å². The van der Waals surface area contributed by atoms with Gasteiger partial charge in [0, 0.05) is 6.20 Å². The summed E-state index contributed by atoms with van der Waals surface area (Å²) in [5, 5.41) is 3.67. The smallest absolute Gasteiger partial charge is 0.240 e. The summed E-state index contributed by atoms with van der Waals surface area (Å²) >= 11 is 0. The summed E-state index contributed by atoms with van der Waals surface area (Å²) in [6.07, 6.45) is 1.62. The van der Waals surface area contributed by atoms with Crippen LogP contribution >= 0.6 is 0 Å². The minimum absolute atomic E-state index is 0.162. The SMILES string of the molecule is O=C1Cn2nccc2CS1=O. The lowest BCUT2D eigenvalue weighted by Crippen LogP contribution is -2.25. The van der Waals surface area contributed by atoms with E-state index < -0.39 is 10.8 Å². The number of nitrogens with zero attached hydrogens (tertiary/aromatic N) is 2. The Morgan fingerprint density at radius 2 is 2.45 bits per heavy atom. The van der Waals surface area contributed by atoms with Crippen molar-refractivity contribution in [3.05, 3.63) is 18.0 Å². The van der Waals surface area contributed by atoms with Gasteiger partial charge in [-0.2, -0.15) is 5.10 Å². The highest BCUT2D eigenvalue weighted by atomic mass is 32.2. The van der Waals surface area contributed by atoms with Crippen LogP contribution in [0, 0.1) is 0 Å². The highest BCUT2D eigenvalue weighted by Crippen LogP contribution is 2.10. The second kappa shape index (κ2) is 2.27. The molecule has 0 N–H and O–H groups in total. The zero-order chi connectivity index (χ0) is 7.84. The summed E-state index contributed by atoms with van der Waals surface area (Å²) in [6.45, 7) is 0.162. The molecule has 11 heavy (non-hydrogen) atoms. The molecule has 2 heterocycles. The van der Waals surface area contributed by atoms with E-state index in [2.05, 4.69) is 5.10 Å². The van der Waals surface area contributed by atoms with Crippen molar-refractivity contribution in [3.8, 4) is 0 Å². The van der Waals surface area contributed by atoms with Crippen LogP contribution in [0.4, 0.5) is 0 Å². The Balaban J connectivity index is 2.45. The molecule has 0 amide bonds. The number of aromatic nitrogens is 2. The molecule has 0 fully saturated rings. The molecule has 1 unspecified atom stereocenters. The number of fused-ring (bicyclic) bond motifs is 1. The van der Waals surface area contributed by atoms with Gasteiger partial charge in [0.05, 0.1) is 22.2 Å². The molecule has 4 nitrogen and oxygen atoms in total. The van der Waals surface area contributed by atoms with Crippen LogP contribution < -0.4 is 0 Å². The molecule has 1 aliphatic heterocycles. The molecule has 0 aliphatic carbocycles. The summed E-state index contributed by atoms with van der Waals surface area (Å²) in [5.41, 5.74) is 0.878. The molecule has 0 aromatic carbocycles. The molecule has 1 aliphatic rings. The quantitative estimate of drug-likeness (QED) is 0.536. The first-order valence-electron chi connectivity index (χ1n) is 3.19. The molecule has 58 valence electrons. The van der Waals surface area contributed by atoms with Crippen molar-refractivity contribution in [1.82, 2.24) is 9.78 Å². The van der Waals surface area contributed by atoms with Crippen molar-refractivity contribution in [1.29, 1.82) is 0 Å². The first-order chi connectivity index (χ1) is 5.27. The van der Waals surface area contributed by atoms with Gasteiger partial charge in [0.2, 0.25) is 5.12 Å². The molecule has 0 radical (unpaired) electrons. The summed E-state index contributed by atoms with van der Waals surface area (Å²) in [4.78, 5) is 10.9. The lowest BCUT2D eigenvalue weighted by atomic mass is 10.5. The molecule has 0 saturated heterocycles. The van der Waals surface area contributed by atoms with Crippen LogP contribution in [0.3, 0.4) is 0 Å². The molecule has 2 rings (SSSR count). The van der Waals surface area contributed by atoms with Gasteiger partial charge >= 0.3 is 0 Å². The van der Waals surface area contributed by atoms with Crippen molar-refractivity contribution >= 4 is 15.9 Å². The molecule has 0 bridgehead atoms. The van der Waals surface area contributed by atoms with Gasteiger partial charge in [0.15, 0.2) is 0 Å². The highest BCUT2D eigenvalue weighted by Gasteiger charge is 2.21. The van der Waals surface area contributed by atoms with Crippen LogP contribution in [0.25, 0.3) is 0 Å². The molecular formula is C6H6N2O2S. The van der Waals surface area contributed by atoms with Crippen molar-refractivity contribution in [2.24, 2.45) is 0 Å². The third-order valence-corrected chi connectivity index (χ3v) is 2.81. The van der Waals surface area contributed by atoms with Crippen LogP contribution in [0.1, 0.15) is 5.69 Å². The fraction of sp³-hybridized carbons (Fsp3) is 0.333. The molecule has 0 spiro atoms. The third kappa shape index (κ3) is 1.01. The van der Waals surface area contributed by atoms with Crippen LogP contribution in [0.15, 0.2) is 12.3 Å². The molecule has 1 atom stereocenters. The lowest BCUT2D eigenvalue weighted by Gasteiger charge is -2.10. The van der Waals surface area contributed by atoms with E-state index in [-0.39, 0.29) is 11.7 Å². The maximum atomic E-state index is 11.0. The fourth-order valence-corrected chi connectivity index (χ4v) is 1.98. The first kappa shape index (κ1) is 6.72. The predicted octanol–water partition coefficient (Wildman–Crippen LogP) is -0.328. The molecule has 1 aromatic heterocycles. The van der Waals surface area contributed by atoms with E-state index in [1.807, 2.05) is 0 Å². The van der Waals surface area contributed by atoms with Gasteiger partial charge in [-0.1, -0.05) is 0 Å². The van der Waals surface area contributed by atoms with E-state index in [4.69, 9.17) is 0 Å². The Morgan fingerprint density at radius 3 is 3.27 bits per heavy atom. The predicted molar refractivity (Wildman–Crippen MR) is 39.1 cm³/mol. The summed E-state index contributed by atoms with van der Waals surface area (Å²) in [7, 11) is -1.32. The van der Waals surface area contributed by atoms with E-state index >= 15 is 0 Å². The van der Waals surface area contributed by atoms with Gasteiger partial charge in [0.1, 0.15) is 6.54 Å². The largest absolute Gasteiger partial charge is 0.282 e. The van der Waals surface area contributed by atoms with E-state index in [9.17, 15) is 9.00 Å². The average Bonchev–Trinajstić information content (AvgIpc) is 2.36. The second-order valence-corrected chi connectivity index (χ2v) is 3.78. The zero-order valence-corrected chi connectivity index (χ0v) is 6.50. The van der Waals surface area contributed by atoms with Crippen molar-refractivity contribution in [2.45, 2.75) is 12.3 Å². The Hall–Kier alpha value is -0.970. The van der Waals surface area contributed by atoms with E-state index in [1.54, 1.807) is 16.9 Å². The van der Waals surface area contributed by atoms with Gasteiger partial charge in [0.25, 0.3) is 0 Å². The standard InChI is InChI=1S/C6H6N2O2S/c9-6-3-8-5(1-2-7-8)4-11(6)10/h1-2H,3-4H2. The van der Waals surface area contributed by atoms with Gasteiger partial charge in [-0.25, -0.2) is 0 Å². The lowest BCUT2D eigenvalue weighted by molar-refractivity contribution is -0.112. The van der Waals surface area contributed by atoms with Crippen LogP contribution in [0.5, 0.6) is 0 Å². The number of hydrogen-bond acceptors (Lipinski definition) is 3. The molecule has 5 heteroatoms. The van der Waals surface area contributed by atoms with Gasteiger partial charge in [-0.05, 0) is 6.07 Å². The topological polar surface area (TPSA) is 52.0 Å². The third-order valence-electron chi connectivity index (χ3n) is 1.62. The monoisotopic (exact) mass is 170 g/mol. The molecule has 0 saturated carbocycles. The number of rotatable bonds is 0. The van der Waals surface area contributed by atoms with Gasteiger partial charge < -0.3 is 0 Å². The highest BCUT2D eigenvalue weighted by molar-refractivity contribution is 7.99.